The lowest BCUT2D eigenvalue weighted by Crippen LogP contribution is -2.21. The number of carbonyl (C=O) groups excluding carboxylic acids is 10. The van der Waals surface area contributed by atoms with Gasteiger partial charge in [-0.15, -0.1) is 0 Å². The summed E-state index contributed by atoms with van der Waals surface area (Å²) in [5.41, 5.74) is 3.16. The van der Waals surface area contributed by atoms with Crippen molar-refractivity contribution in [3.63, 3.8) is 0 Å². The van der Waals surface area contributed by atoms with Crippen molar-refractivity contribution >= 4 is 42.8 Å². The van der Waals surface area contributed by atoms with Gasteiger partial charge in [0.1, 0.15) is 28.8 Å². The molecule has 8 rings (SSSR count). The van der Waals surface area contributed by atoms with Gasteiger partial charge in [-0.25, -0.2) is 0 Å². The van der Waals surface area contributed by atoms with Crippen molar-refractivity contribution in [2.75, 3.05) is 67.8 Å². The molecule has 23 heteroatoms. The molecule has 23 nitrogen and oxygen atoms in total. The van der Waals surface area contributed by atoms with Crippen LogP contribution in [0.3, 0.4) is 0 Å². The molecule has 8 heterocycles. The average molecular weight is 985 g/mol. The summed E-state index contributed by atoms with van der Waals surface area (Å²) >= 11 is 0. The summed E-state index contributed by atoms with van der Waals surface area (Å²) in [7, 11) is 6.71. The molecule has 3 saturated heterocycles. The Morgan fingerprint density at radius 2 is 0.786 bits per heavy atom. The summed E-state index contributed by atoms with van der Waals surface area (Å²) in [6.45, 7) is 16.8. The lowest BCUT2D eigenvalue weighted by atomic mass is 10.2. The van der Waals surface area contributed by atoms with E-state index in [4.69, 9.17) is 79.3 Å². The first-order valence-electron chi connectivity index (χ1n) is 20.7. The van der Waals surface area contributed by atoms with Gasteiger partial charge in [0.15, 0.2) is 41.4 Å². The molecule has 70 heavy (non-hydrogen) atoms. The van der Waals surface area contributed by atoms with Gasteiger partial charge in [0.25, 0.3) is 11.8 Å². The normalized spacial score (nSPS) is 13.5. The van der Waals surface area contributed by atoms with Gasteiger partial charge in [0, 0.05) is 34.3 Å². The summed E-state index contributed by atoms with van der Waals surface area (Å²) in [4.78, 5) is 95.3. The highest BCUT2D eigenvalue weighted by atomic mass is 16.7. The van der Waals surface area contributed by atoms with E-state index < -0.39 is 6.29 Å². The number of ether oxygens (including phenoxy) is 6. The van der Waals surface area contributed by atoms with E-state index in [0.29, 0.717) is 86.4 Å². The molecule has 0 radical (unpaired) electrons. The molecule has 0 aliphatic carbocycles. The van der Waals surface area contributed by atoms with E-state index in [9.17, 15) is 19.2 Å². The first-order chi connectivity index (χ1) is 33.3. The first kappa shape index (κ1) is 60.6. The lowest BCUT2D eigenvalue weighted by molar-refractivity contribution is -0.193. The molecular weight excluding hydrogens is 929 g/mol. The van der Waals surface area contributed by atoms with E-state index in [-0.39, 0.29) is 48.6 Å². The molecule has 0 unspecified atom stereocenters. The number of rotatable bonds is 7. The Morgan fingerprint density at radius 1 is 0.457 bits per heavy atom. The number of aryl methyl sites for hydroxylation is 7. The fourth-order valence-electron chi connectivity index (χ4n) is 5.62. The number of hydrogen-bond donors (Lipinski definition) is 0. The van der Waals surface area contributed by atoms with Crippen LogP contribution in [0.15, 0.2) is 58.5 Å². The van der Waals surface area contributed by atoms with Crippen LogP contribution in [0.2, 0.25) is 0 Å². The Kier molecular flexibility index (Phi) is 28.0. The second-order valence-corrected chi connectivity index (χ2v) is 14.6. The number of hydrogen-bond acceptors (Lipinski definition) is 21. The van der Waals surface area contributed by atoms with Gasteiger partial charge < -0.3 is 60.3 Å². The molecular formula is C47H56N2O21. The van der Waals surface area contributed by atoms with Crippen LogP contribution < -0.4 is 0 Å². The van der Waals surface area contributed by atoms with Gasteiger partial charge in [-0.3, -0.25) is 19.2 Å². The summed E-state index contributed by atoms with van der Waals surface area (Å²) < 4.78 is 57.9. The van der Waals surface area contributed by atoms with Crippen LogP contribution in [0, 0.1) is 48.5 Å². The van der Waals surface area contributed by atoms with E-state index in [0.717, 1.165) is 39.9 Å². The molecule has 0 aromatic carbocycles. The predicted octanol–water partition coefficient (Wildman–Crippen LogP) is 5.97. The molecule has 3 aliphatic heterocycles. The number of aldehydes is 2. The number of amides is 2. The summed E-state index contributed by atoms with van der Waals surface area (Å²) in [6, 6.07) is 10.6. The van der Waals surface area contributed by atoms with Crippen molar-refractivity contribution in [2.24, 2.45) is 0 Å². The van der Waals surface area contributed by atoms with E-state index in [1.165, 1.54) is 15.9 Å². The largest absolute Gasteiger partial charge is 0.461 e. The van der Waals surface area contributed by atoms with Crippen LogP contribution in [0.5, 0.6) is 0 Å². The van der Waals surface area contributed by atoms with Gasteiger partial charge in [-0.1, -0.05) is 0 Å². The summed E-state index contributed by atoms with van der Waals surface area (Å²) in [6.07, 6.45) is 1.02. The summed E-state index contributed by atoms with van der Waals surface area (Å²) in [5.74, 6) is 6.16. The minimum absolute atomic E-state index is 0.0782. The third kappa shape index (κ3) is 20.4. The summed E-state index contributed by atoms with van der Waals surface area (Å²) in [5, 5.41) is 0. The Balaban J connectivity index is 0.000000423. The molecule has 3 aliphatic rings. The maximum Gasteiger partial charge on any atom is 0.373 e. The van der Waals surface area contributed by atoms with Crippen LogP contribution in [-0.2, 0) is 57.2 Å². The number of carbonyl (C=O) groups is 4. The maximum absolute atomic E-state index is 11.8. The second kappa shape index (κ2) is 32.4. The third-order valence-corrected chi connectivity index (χ3v) is 9.07. The Morgan fingerprint density at radius 3 is 1.10 bits per heavy atom. The second-order valence-electron chi connectivity index (χ2n) is 14.6. The Bertz CT molecular complexity index is 2400. The SMILES string of the molecule is Cc1cc(C2OCCO2)oc1C.Cc1cc(C=O)oc1C.Cc1ccc(C2OCCO2)o1.Cc1oc(C2OCCO2)cc1C(=O)N(C)C.Cc1oc(C=O)cc1C(=O)N(C)C.O=C=O.O=C=O.O=C=O. The molecule has 0 atom stereocenters. The van der Waals surface area contributed by atoms with Crippen LogP contribution in [0.4, 0.5) is 0 Å². The highest BCUT2D eigenvalue weighted by Crippen LogP contribution is 2.29. The molecule has 0 bridgehead atoms. The van der Waals surface area contributed by atoms with E-state index in [2.05, 4.69) is 0 Å². The highest BCUT2D eigenvalue weighted by molar-refractivity contribution is 5.96. The van der Waals surface area contributed by atoms with Gasteiger partial charge in [-0.2, -0.15) is 28.8 Å². The van der Waals surface area contributed by atoms with E-state index in [1.54, 1.807) is 54.2 Å². The standard InChI is InChI=1S/C11H15NO4.C9H11NO3.C9H12O3.C8H10O3.C7H8O2.3CO2/c1-7-8(10(13)12(2)3)6-9(16-7)11-14-4-5-15-11;1-6-8(9(12)10(2)3)4-7(5-11)13-6;1-6-5-8(12-7(6)2)9-10-3-4-11-9;1-6-2-3-7(11-6)8-9-4-5-10-8;1-5-3-7(4-8)9-6(5)2;3*2-1-3/h6,11H,4-5H2,1-3H3;4-5H,1-3H3;5,9H,3-4H2,1-2H3;2-3,8H,4-5H2,1H3;3-4H,1-2H3;;;. The molecule has 3 fully saturated rings. The van der Waals surface area contributed by atoms with Gasteiger partial charge >= 0.3 is 18.5 Å². The van der Waals surface area contributed by atoms with Crippen molar-refractivity contribution in [3.05, 3.63) is 116 Å². The molecule has 5 aromatic heterocycles. The van der Waals surface area contributed by atoms with Gasteiger partial charge in [0.2, 0.25) is 18.9 Å². The van der Waals surface area contributed by atoms with E-state index in [1.807, 2.05) is 52.8 Å². The number of nitrogens with zero attached hydrogens (tertiary/aromatic N) is 2. The monoisotopic (exact) mass is 984 g/mol. The fraction of sp³-hybridized carbons (Fsp3) is 0.426. The lowest BCUT2D eigenvalue weighted by Gasteiger charge is -2.08. The predicted molar refractivity (Wildman–Crippen MR) is 232 cm³/mol. The minimum atomic E-state index is -0.470. The average Bonchev–Trinajstić information content (AvgIpc) is 4.17. The number of furan rings is 5. The Hall–Kier alpha value is -7.42. The zero-order valence-corrected chi connectivity index (χ0v) is 40.6. The van der Waals surface area contributed by atoms with Crippen LogP contribution in [0.1, 0.15) is 118 Å². The molecule has 5 aromatic rings. The van der Waals surface area contributed by atoms with Gasteiger partial charge in [0.05, 0.1) is 50.8 Å². The van der Waals surface area contributed by atoms with Crippen molar-refractivity contribution in [1.29, 1.82) is 0 Å². The zero-order chi connectivity index (χ0) is 52.9. The highest BCUT2D eigenvalue weighted by Gasteiger charge is 2.26. The third-order valence-electron chi connectivity index (χ3n) is 9.07. The topological polar surface area (TPSA) is 298 Å². The van der Waals surface area contributed by atoms with Crippen LogP contribution >= 0.6 is 0 Å². The zero-order valence-electron chi connectivity index (χ0n) is 40.6. The Labute approximate surface area is 401 Å². The van der Waals surface area contributed by atoms with Crippen molar-refractivity contribution in [1.82, 2.24) is 9.80 Å². The van der Waals surface area contributed by atoms with Crippen LogP contribution in [0.25, 0.3) is 0 Å². The van der Waals surface area contributed by atoms with E-state index >= 15 is 0 Å². The molecule has 0 saturated carbocycles. The molecule has 0 N–H and O–H groups in total. The fourth-order valence-corrected chi connectivity index (χ4v) is 5.62. The van der Waals surface area contributed by atoms with Crippen molar-refractivity contribution in [3.8, 4) is 0 Å². The smallest absolute Gasteiger partial charge is 0.373 e. The van der Waals surface area contributed by atoms with Crippen molar-refractivity contribution in [2.45, 2.75) is 67.3 Å². The first-order valence-corrected chi connectivity index (χ1v) is 20.7. The maximum atomic E-state index is 11.8. The molecule has 2 amide bonds. The van der Waals surface area contributed by atoms with Crippen LogP contribution in [-0.4, -0.2) is 120 Å². The minimum Gasteiger partial charge on any atom is -0.461 e. The quantitative estimate of drug-likeness (QED) is 0.170. The molecule has 380 valence electrons. The molecule has 0 spiro atoms. The van der Waals surface area contributed by atoms with Crippen molar-refractivity contribution < 1.29 is 98.5 Å². The van der Waals surface area contributed by atoms with Gasteiger partial charge in [-0.05, 0) is 89.9 Å².